The van der Waals surface area contributed by atoms with Gasteiger partial charge in [-0.1, -0.05) is 22.9 Å². The number of aryl methyl sites for hydroxylation is 1. The number of nitrogens with zero attached hydrogens (tertiary/aromatic N) is 3. The van der Waals surface area contributed by atoms with Crippen LogP contribution in [0.15, 0.2) is 71.5 Å². The second-order valence-corrected chi connectivity index (χ2v) is 7.83. The molecule has 3 N–H and O–H groups in total. The van der Waals surface area contributed by atoms with Gasteiger partial charge in [0.05, 0.1) is 10.9 Å². The van der Waals surface area contributed by atoms with Crippen LogP contribution >= 0.6 is 0 Å². The van der Waals surface area contributed by atoms with Gasteiger partial charge >= 0.3 is 0 Å². The van der Waals surface area contributed by atoms with Crippen LogP contribution in [0.3, 0.4) is 0 Å². The number of hydrogen-bond acceptors (Lipinski definition) is 6. The number of fused-ring (bicyclic) bond motifs is 2. The highest BCUT2D eigenvalue weighted by atomic mass is 16.5. The van der Waals surface area contributed by atoms with Gasteiger partial charge in [0, 0.05) is 42.0 Å². The predicted octanol–water partition coefficient (Wildman–Crippen LogP) is 4.18. The van der Waals surface area contributed by atoms with E-state index in [1.54, 1.807) is 12.3 Å². The van der Waals surface area contributed by atoms with E-state index >= 15 is 0 Å². The molecule has 0 saturated carbocycles. The summed E-state index contributed by atoms with van der Waals surface area (Å²) in [5, 5.41) is 8.54. The molecule has 0 spiro atoms. The molecule has 0 radical (unpaired) electrons. The molecule has 0 unspecified atom stereocenters. The zero-order valence-corrected chi connectivity index (χ0v) is 17.5. The number of nitrogens with one attached hydrogen (secondary N) is 1. The third-order valence-electron chi connectivity index (χ3n) is 5.37. The van der Waals surface area contributed by atoms with E-state index in [1.165, 1.54) is 5.56 Å². The van der Waals surface area contributed by atoms with Gasteiger partial charge in [0.2, 0.25) is 0 Å². The van der Waals surface area contributed by atoms with Crippen molar-refractivity contribution in [2.24, 2.45) is 0 Å². The monoisotopic (exact) mass is 423 g/mol. The molecule has 5 aromatic rings. The molecule has 0 aliphatic heterocycles. The van der Waals surface area contributed by atoms with Crippen molar-refractivity contribution in [2.45, 2.75) is 19.9 Å². The second-order valence-electron chi connectivity index (χ2n) is 7.83. The Kier molecular flexibility index (Phi) is 4.99. The number of amides is 1. The smallest absolute Gasteiger partial charge is 0.251 e. The van der Waals surface area contributed by atoms with E-state index in [1.807, 2.05) is 36.5 Å². The Morgan fingerprint density at radius 1 is 1.03 bits per heavy atom. The minimum atomic E-state index is -0.168. The van der Waals surface area contributed by atoms with Crippen LogP contribution in [-0.2, 0) is 13.0 Å². The third-order valence-corrected chi connectivity index (χ3v) is 5.37. The van der Waals surface area contributed by atoms with Crippen molar-refractivity contribution in [1.82, 2.24) is 20.4 Å². The van der Waals surface area contributed by atoms with Crippen LogP contribution in [0.25, 0.3) is 21.9 Å². The fourth-order valence-electron chi connectivity index (χ4n) is 3.71. The van der Waals surface area contributed by atoms with Gasteiger partial charge in [-0.3, -0.25) is 14.8 Å². The highest BCUT2D eigenvalue weighted by Gasteiger charge is 2.10. The SMILES string of the molecule is Cc1ccc2ncc(Cc3cc(C(=O)NCc4ccc5c(N)noc5c4)ccn3)cc2c1. The Morgan fingerprint density at radius 2 is 1.94 bits per heavy atom. The Morgan fingerprint density at radius 3 is 2.84 bits per heavy atom. The normalized spacial score (nSPS) is 11.2. The zero-order chi connectivity index (χ0) is 22.1. The lowest BCUT2D eigenvalue weighted by Gasteiger charge is -2.08. The van der Waals surface area contributed by atoms with Crippen molar-refractivity contribution in [1.29, 1.82) is 0 Å². The molecule has 1 amide bonds. The number of nitrogen functional groups attached to an aromatic ring is 1. The van der Waals surface area contributed by atoms with Gasteiger partial charge < -0.3 is 15.6 Å². The number of hydrogen-bond donors (Lipinski definition) is 2. The van der Waals surface area contributed by atoms with E-state index in [2.05, 4.69) is 45.6 Å². The van der Waals surface area contributed by atoms with Gasteiger partial charge in [-0.05, 0) is 60.5 Å². The number of rotatable bonds is 5. The highest BCUT2D eigenvalue weighted by Crippen LogP contribution is 2.21. The van der Waals surface area contributed by atoms with Gasteiger partial charge in [-0.25, -0.2) is 0 Å². The zero-order valence-electron chi connectivity index (χ0n) is 17.5. The summed E-state index contributed by atoms with van der Waals surface area (Å²) in [5.41, 5.74) is 11.8. The molecule has 0 aliphatic carbocycles. The Bertz CT molecular complexity index is 1460. The number of pyridine rings is 2. The van der Waals surface area contributed by atoms with Gasteiger partial charge in [-0.15, -0.1) is 0 Å². The lowest BCUT2D eigenvalue weighted by Crippen LogP contribution is -2.23. The first kappa shape index (κ1) is 19.7. The summed E-state index contributed by atoms with van der Waals surface area (Å²) in [5.74, 6) is 0.190. The molecular weight excluding hydrogens is 402 g/mol. The lowest BCUT2D eigenvalue weighted by atomic mass is 10.1. The first-order chi connectivity index (χ1) is 15.5. The first-order valence-electron chi connectivity index (χ1n) is 10.3. The highest BCUT2D eigenvalue weighted by molar-refractivity contribution is 5.94. The van der Waals surface area contributed by atoms with Gasteiger partial charge in [0.25, 0.3) is 5.91 Å². The minimum Gasteiger partial charge on any atom is -0.380 e. The van der Waals surface area contributed by atoms with Crippen LogP contribution in [0, 0.1) is 6.92 Å². The number of aromatic nitrogens is 3. The van der Waals surface area contributed by atoms with Crippen LogP contribution in [0.5, 0.6) is 0 Å². The Labute approximate surface area is 184 Å². The van der Waals surface area contributed by atoms with Crippen molar-refractivity contribution >= 4 is 33.6 Å². The van der Waals surface area contributed by atoms with Crippen molar-refractivity contribution in [3.8, 4) is 0 Å². The van der Waals surface area contributed by atoms with Crippen LogP contribution in [0.2, 0.25) is 0 Å². The van der Waals surface area contributed by atoms with Crippen LogP contribution in [0.4, 0.5) is 5.82 Å². The molecule has 0 aliphatic rings. The topological polar surface area (TPSA) is 107 Å². The molecule has 7 heteroatoms. The summed E-state index contributed by atoms with van der Waals surface area (Å²) in [6.07, 6.45) is 4.12. The molecule has 32 heavy (non-hydrogen) atoms. The molecular formula is C25H21N5O2. The van der Waals surface area contributed by atoms with Crippen molar-refractivity contribution in [3.63, 3.8) is 0 Å². The van der Waals surface area contributed by atoms with Crippen LogP contribution in [0.1, 0.15) is 32.7 Å². The fraction of sp³-hybridized carbons (Fsp3) is 0.120. The van der Waals surface area contributed by atoms with Gasteiger partial charge in [0.15, 0.2) is 11.4 Å². The van der Waals surface area contributed by atoms with Crippen LogP contribution in [-0.4, -0.2) is 21.0 Å². The molecule has 3 aromatic heterocycles. The summed E-state index contributed by atoms with van der Waals surface area (Å²) < 4.78 is 5.19. The quantitative estimate of drug-likeness (QED) is 0.439. The maximum atomic E-state index is 12.7. The number of carbonyl (C=O) groups is 1. The molecule has 0 atom stereocenters. The Balaban J connectivity index is 1.29. The predicted molar refractivity (Wildman–Crippen MR) is 123 cm³/mol. The lowest BCUT2D eigenvalue weighted by molar-refractivity contribution is 0.0950. The molecule has 7 nitrogen and oxygen atoms in total. The molecule has 0 saturated heterocycles. The molecule has 158 valence electrons. The average molecular weight is 423 g/mol. The fourth-order valence-corrected chi connectivity index (χ4v) is 3.71. The van der Waals surface area contributed by atoms with E-state index in [0.29, 0.717) is 29.9 Å². The van der Waals surface area contributed by atoms with E-state index in [-0.39, 0.29) is 5.91 Å². The molecule has 5 rings (SSSR count). The second kappa shape index (κ2) is 8.11. The summed E-state index contributed by atoms with van der Waals surface area (Å²) in [6.45, 7) is 2.43. The van der Waals surface area contributed by atoms with Crippen molar-refractivity contribution < 1.29 is 9.32 Å². The Hall–Kier alpha value is -4.26. The largest absolute Gasteiger partial charge is 0.380 e. The summed E-state index contributed by atoms with van der Waals surface area (Å²) in [4.78, 5) is 21.7. The van der Waals surface area contributed by atoms with Crippen molar-refractivity contribution in [3.05, 3.63) is 94.9 Å². The summed E-state index contributed by atoms with van der Waals surface area (Å²) >= 11 is 0. The third kappa shape index (κ3) is 4.00. The van der Waals surface area contributed by atoms with Crippen LogP contribution < -0.4 is 11.1 Å². The van der Waals surface area contributed by atoms with Gasteiger partial charge in [0.1, 0.15) is 0 Å². The average Bonchev–Trinajstić information content (AvgIpc) is 3.17. The number of benzene rings is 2. The molecule has 2 aromatic carbocycles. The number of nitrogens with two attached hydrogens (primary N) is 1. The van der Waals surface area contributed by atoms with E-state index in [4.69, 9.17) is 10.3 Å². The van der Waals surface area contributed by atoms with Crippen molar-refractivity contribution in [2.75, 3.05) is 5.73 Å². The molecule has 3 heterocycles. The van der Waals surface area contributed by atoms with Gasteiger partial charge in [-0.2, -0.15) is 0 Å². The van der Waals surface area contributed by atoms with E-state index in [9.17, 15) is 4.79 Å². The maximum absolute atomic E-state index is 12.7. The minimum absolute atomic E-state index is 0.168. The first-order valence-corrected chi connectivity index (χ1v) is 10.3. The maximum Gasteiger partial charge on any atom is 0.251 e. The summed E-state index contributed by atoms with van der Waals surface area (Å²) in [6, 6.07) is 17.4. The van der Waals surface area contributed by atoms with E-state index < -0.39 is 0 Å². The number of anilines is 1. The standard InChI is InChI=1S/C25H21N5O2/c1-15-2-5-22-19(8-15)9-17(14-28-22)10-20-12-18(6-7-27-20)25(31)29-13-16-3-4-21-23(11-16)32-30-24(21)26/h2-9,11-12,14H,10,13H2,1H3,(H2,26,30)(H,29,31). The molecule has 0 fully saturated rings. The summed E-state index contributed by atoms with van der Waals surface area (Å²) in [7, 11) is 0. The number of carbonyl (C=O) groups excluding carboxylic acids is 1. The molecule has 0 bridgehead atoms. The van der Waals surface area contributed by atoms with E-state index in [0.717, 1.165) is 33.1 Å².